The zero-order valence-electron chi connectivity index (χ0n) is 33.5. The molecular weight excluding hydrogens is 795 g/mol. The topological polar surface area (TPSA) is 171 Å². The Kier molecular flexibility index (Phi) is 11.4. The van der Waals surface area contributed by atoms with Crippen LogP contribution in [0.5, 0.6) is 0 Å². The SMILES string of the molecule is C[C@]12C[C@H](O)[C@@]3(F)[C@@H](C[C@H](F)C4=CC(=O)C=C[C@@]43C)[C@@H]1C[C@@H](O[C@H](O)c1ccc(Sc3cccc(NC(=O)C4CCC(CN5C(=O)C=CC5=O)CC4)c3)cc1)[C@@H]2C(=O)CO. The molecule has 8 rings (SSSR count). The van der Waals surface area contributed by atoms with Gasteiger partial charge >= 0.3 is 0 Å². The highest BCUT2D eigenvalue weighted by molar-refractivity contribution is 7.99. The van der Waals surface area contributed by atoms with Crippen LogP contribution in [0.25, 0.3) is 0 Å². The molecule has 0 radical (unpaired) electrons. The van der Waals surface area contributed by atoms with Gasteiger partial charge in [0, 0.05) is 57.0 Å². The molecule has 0 saturated heterocycles. The number of aliphatic hydroxyl groups is 3. The van der Waals surface area contributed by atoms with Crippen molar-refractivity contribution in [3.05, 3.63) is 90.0 Å². The molecule has 4 N–H and O–H groups in total. The molecule has 6 aliphatic rings. The smallest absolute Gasteiger partial charge is 0.253 e. The number of ketones is 2. The van der Waals surface area contributed by atoms with Gasteiger partial charge in [0.15, 0.2) is 23.5 Å². The van der Waals surface area contributed by atoms with E-state index in [1.54, 1.807) is 31.2 Å². The summed E-state index contributed by atoms with van der Waals surface area (Å²) in [6, 6.07) is 14.4. The minimum absolute atomic E-state index is 0.000337. The van der Waals surface area contributed by atoms with Crippen LogP contribution in [-0.4, -0.2) is 86.7 Å². The normalized spacial score (nSPS) is 36.4. The number of carbonyl (C=O) groups is 5. The van der Waals surface area contributed by atoms with Crippen molar-refractivity contribution in [2.75, 3.05) is 18.5 Å². The van der Waals surface area contributed by atoms with Crippen molar-refractivity contribution in [1.82, 2.24) is 4.90 Å². The number of hydrogen-bond donors (Lipinski definition) is 4. The number of aliphatic hydroxyl groups excluding tert-OH is 3. The Hall–Kier alpha value is -4.34. The van der Waals surface area contributed by atoms with Gasteiger partial charge in [0.05, 0.1) is 18.1 Å². The fraction of sp³-hybridized carbons (Fsp3) is 0.500. The van der Waals surface area contributed by atoms with Crippen molar-refractivity contribution < 1.29 is 52.8 Å². The van der Waals surface area contributed by atoms with E-state index in [0.717, 1.165) is 28.7 Å². The highest BCUT2D eigenvalue weighted by Crippen LogP contribution is 2.69. The average molecular weight is 845 g/mol. The van der Waals surface area contributed by atoms with Crippen LogP contribution in [-0.2, 0) is 28.7 Å². The van der Waals surface area contributed by atoms with Crippen LogP contribution in [0.1, 0.15) is 70.6 Å². The number of amides is 3. The van der Waals surface area contributed by atoms with Gasteiger partial charge in [0.2, 0.25) is 5.91 Å². The molecule has 0 spiro atoms. The molecule has 1 heterocycles. The van der Waals surface area contributed by atoms with E-state index >= 15 is 8.78 Å². The summed E-state index contributed by atoms with van der Waals surface area (Å²) in [5.74, 6) is -4.38. The number of halogens is 2. The number of benzene rings is 2. The number of alkyl halides is 2. The summed E-state index contributed by atoms with van der Waals surface area (Å²) in [5, 5.41) is 36.1. The number of hydrogen-bond acceptors (Lipinski definition) is 10. The van der Waals surface area contributed by atoms with Crippen LogP contribution in [0.4, 0.5) is 14.5 Å². The minimum Gasteiger partial charge on any atom is -0.390 e. The fourth-order valence-electron chi connectivity index (χ4n) is 11.4. The van der Waals surface area contributed by atoms with Crippen molar-refractivity contribution in [3.8, 4) is 0 Å². The van der Waals surface area contributed by atoms with Gasteiger partial charge in [0.25, 0.3) is 11.8 Å². The summed E-state index contributed by atoms with van der Waals surface area (Å²) in [6.07, 6.45) is 2.97. The number of anilines is 1. The quantitative estimate of drug-likeness (QED) is 0.156. The molecule has 2 aromatic rings. The number of nitrogens with zero attached hydrogens (tertiary/aromatic N) is 1. The van der Waals surface area contributed by atoms with Crippen LogP contribution in [0, 0.1) is 40.4 Å². The molecule has 3 amide bonds. The van der Waals surface area contributed by atoms with Crippen LogP contribution in [0.15, 0.2) is 94.3 Å². The van der Waals surface area contributed by atoms with E-state index in [9.17, 15) is 39.3 Å². The van der Waals surface area contributed by atoms with Crippen molar-refractivity contribution >= 4 is 46.7 Å². The highest BCUT2D eigenvalue weighted by Gasteiger charge is 2.73. The minimum atomic E-state index is -2.35. The first-order valence-corrected chi connectivity index (χ1v) is 21.5. The molecule has 4 fully saturated rings. The van der Waals surface area contributed by atoms with Gasteiger partial charge < -0.3 is 25.4 Å². The maximum absolute atomic E-state index is 17.7. The summed E-state index contributed by atoms with van der Waals surface area (Å²) < 4.78 is 39.8. The largest absolute Gasteiger partial charge is 0.390 e. The predicted octanol–water partition coefficient (Wildman–Crippen LogP) is 5.99. The molecule has 5 aliphatic carbocycles. The number of nitrogens with one attached hydrogen (secondary N) is 1. The number of rotatable bonds is 11. The lowest BCUT2D eigenvalue weighted by molar-refractivity contribution is -0.203. The molecule has 318 valence electrons. The van der Waals surface area contributed by atoms with Gasteiger partial charge in [-0.25, -0.2) is 8.78 Å². The Balaban J connectivity index is 0.902. The first-order valence-electron chi connectivity index (χ1n) is 20.7. The molecule has 4 saturated carbocycles. The van der Waals surface area contributed by atoms with Gasteiger partial charge in [-0.1, -0.05) is 43.0 Å². The third kappa shape index (κ3) is 7.31. The van der Waals surface area contributed by atoms with Gasteiger partial charge in [-0.05, 0) is 117 Å². The number of imide groups is 1. The lowest BCUT2D eigenvalue weighted by Gasteiger charge is -2.62. The van der Waals surface area contributed by atoms with E-state index in [0.29, 0.717) is 30.6 Å². The molecule has 14 heteroatoms. The summed E-state index contributed by atoms with van der Waals surface area (Å²) in [7, 11) is 0. The second-order valence-corrected chi connectivity index (χ2v) is 19.0. The average Bonchev–Trinajstić information content (AvgIpc) is 3.69. The maximum Gasteiger partial charge on any atom is 0.253 e. The standard InChI is InChI=1S/C46H50F2N2O9S/c1-44-22-38(54)46(48)33(20-35(47)34-19-29(52)16-17-45(34,46)2)32(44)21-37(41(44)36(53)24-51)59-43(58)27-10-12-30(13-11-27)60-31-5-3-4-28(18-31)49-42(57)26-8-6-25(7-9-26)23-50-39(55)14-15-40(50)56/h3-5,10-19,25-26,32-33,35,37-38,41,43,51,54,58H,6-9,20-24H2,1-2H3,(H,49,57)/t25?,26?,32-,33-,35-,37+,38-,41-,43-,44-,45-,46-/m0/s1. The lowest BCUT2D eigenvalue weighted by Crippen LogP contribution is -2.68. The van der Waals surface area contributed by atoms with E-state index in [2.05, 4.69) is 5.32 Å². The molecule has 0 unspecified atom stereocenters. The number of ether oxygens (including phenoxy) is 1. The Morgan fingerprint density at radius 2 is 1.67 bits per heavy atom. The Bertz CT molecular complexity index is 2150. The molecule has 11 nitrogen and oxygen atoms in total. The third-order valence-electron chi connectivity index (χ3n) is 14.5. The fourth-order valence-corrected chi connectivity index (χ4v) is 12.3. The van der Waals surface area contributed by atoms with E-state index in [1.165, 1.54) is 47.9 Å². The van der Waals surface area contributed by atoms with Crippen molar-refractivity contribution in [2.45, 2.75) is 98.9 Å². The summed E-state index contributed by atoms with van der Waals surface area (Å²) >= 11 is 1.44. The highest BCUT2D eigenvalue weighted by atomic mass is 32.2. The van der Waals surface area contributed by atoms with E-state index < -0.39 is 77.1 Å². The first-order chi connectivity index (χ1) is 28.5. The van der Waals surface area contributed by atoms with Crippen LogP contribution >= 0.6 is 11.8 Å². The number of Topliss-reactive ketones (excluding diaryl/α,β-unsaturated/α-hetero) is 1. The summed E-state index contributed by atoms with van der Waals surface area (Å²) in [4.78, 5) is 65.7. The number of fused-ring (bicyclic) bond motifs is 5. The van der Waals surface area contributed by atoms with Crippen LogP contribution < -0.4 is 5.32 Å². The van der Waals surface area contributed by atoms with Crippen LogP contribution in [0.2, 0.25) is 0 Å². The molecule has 60 heavy (non-hydrogen) atoms. The lowest BCUT2D eigenvalue weighted by atomic mass is 9.45. The maximum atomic E-state index is 17.7. The number of carbonyl (C=O) groups excluding carboxylic acids is 5. The van der Waals surface area contributed by atoms with Gasteiger partial charge in [0.1, 0.15) is 12.8 Å². The molecule has 1 aliphatic heterocycles. The second kappa shape index (κ2) is 16.2. The molecule has 0 bridgehead atoms. The van der Waals surface area contributed by atoms with Crippen molar-refractivity contribution in [3.63, 3.8) is 0 Å². The Labute approximate surface area is 351 Å². The monoisotopic (exact) mass is 844 g/mol. The van der Waals surface area contributed by atoms with Crippen molar-refractivity contribution in [2.24, 2.45) is 40.4 Å². The summed E-state index contributed by atoms with van der Waals surface area (Å²) in [5.41, 5.74) is -3.98. The molecule has 10 atom stereocenters. The van der Waals surface area contributed by atoms with E-state index in [1.807, 2.05) is 24.3 Å². The molecule has 0 aromatic heterocycles. The Morgan fingerprint density at radius 1 is 0.967 bits per heavy atom. The summed E-state index contributed by atoms with van der Waals surface area (Å²) in [6.45, 7) is 2.80. The zero-order chi connectivity index (χ0) is 42.7. The van der Waals surface area contributed by atoms with E-state index in [4.69, 9.17) is 4.74 Å². The van der Waals surface area contributed by atoms with Gasteiger partial charge in [-0.15, -0.1) is 0 Å². The van der Waals surface area contributed by atoms with Gasteiger partial charge in [-0.2, -0.15) is 0 Å². The van der Waals surface area contributed by atoms with Crippen LogP contribution in [0.3, 0.4) is 0 Å². The Morgan fingerprint density at radius 3 is 2.35 bits per heavy atom. The molecule has 2 aromatic carbocycles. The second-order valence-electron chi connectivity index (χ2n) is 17.8. The first kappa shape index (κ1) is 42.4. The predicted molar refractivity (Wildman–Crippen MR) is 216 cm³/mol. The zero-order valence-corrected chi connectivity index (χ0v) is 34.3. The third-order valence-corrected chi connectivity index (χ3v) is 15.5. The van der Waals surface area contributed by atoms with E-state index in [-0.39, 0.29) is 54.4 Å². The van der Waals surface area contributed by atoms with Gasteiger partial charge in [-0.3, -0.25) is 28.9 Å². The molecular formula is C46H50F2N2O9S. The van der Waals surface area contributed by atoms with Crippen molar-refractivity contribution in [1.29, 1.82) is 0 Å². The number of allylic oxidation sites excluding steroid dienone is 4.